The number of amides is 1. The van der Waals surface area contributed by atoms with Crippen LogP contribution in [0.4, 0.5) is 11.4 Å². The fourth-order valence-electron chi connectivity index (χ4n) is 3.40. The highest BCUT2D eigenvalue weighted by Gasteiger charge is 2.25. The van der Waals surface area contributed by atoms with Crippen LogP contribution in [0.5, 0.6) is 0 Å². The maximum absolute atomic E-state index is 12.6. The van der Waals surface area contributed by atoms with Crippen molar-refractivity contribution in [2.45, 2.75) is 17.7 Å². The van der Waals surface area contributed by atoms with E-state index in [0.29, 0.717) is 5.56 Å². The summed E-state index contributed by atoms with van der Waals surface area (Å²) in [5.74, 6) is 0.582. The SMILES string of the molecule is COC(=O)c1ccc(N2CSc3cc(C(=O)N4CCCC4)ccc32)cc1. The second kappa shape index (κ2) is 7.03. The minimum absolute atomic E-state index is 0.131. The van der Waals surface area contributed by atoms with Crippen LogP contribution < -0.4 is 4.90 Å². The Labute approximate surface area is 156 Å². The minimum Gasteiger partial charge on any atom is -0.465 e. The molecule has 5 nitrogen and oxygen atoms in total. The Bertz CT molecular complexity index is 845. The monoisotopic (exact) mass is 368 g/mol. The Morgan fingerprint density at radius 2 is 1.69 bits per heavy atom. The molecule has 0 spiro atoms. The van der Waals surface area contributed by atoms with Crippen LogP contribution in [-0.4, -0.2) is 42.9 Å². The molecule has 2 aromatic rings. The number of ether oxygens (including phenoxy) is 1. The Hall–Kier alpha value is -2.47. The first-order chi connectivity index (χ1) is 12.7. The predicted octanol–water partition coefficient (Wildman–Crippen LogP) is 3.91. The number of esters is 1. The Kier molecular flexibility index (Phi) is 4.59. The van der Waals surface area contributed by atoms with E-state index in [-0.39, 0.29) is 11.9 Å². The van der Waals surface area contributed by atoms with Crippen molar-refractivity contribution in [2.24, 2.45) is 0 Å². The van der Waals surface area contributed by atoms with E-state index in [2.05, 4.69) is 4.90 Å². The van der Waals surface area contributed by atoms with E-state index in [0.717, 1.165) is 53.6 Å². The lowest BCUT2D eigenvalue weighted by Gasteiger charge is -2.19. The summed E-state index contributed by atoms with van der Waals surface area (Å²) in [6.45, 7) is 1.73. The van der Waals surface area contributed by atoms with Gasteiger partial charge in [-0.1, -0.05) is 0 Å². The summed E-state index contributed by atoms with van der Waals surface area (Å²) in [6, 6.07) is 13.3. The lowest BCUT2D eigenvalue weighted by atomic mass is 10.1. The number of rotatable bonds is 3. The van der Waals surface area contributed by atoms with Crippen molar-refractivity contribution >= 4 is 35.0 Å². The van der Waals surface area contributed by atoms with Gasteiger partial charge in [-0.05, 0) is 55.3 Å². The number of hydrogen-bond donors (Lipinski definition) is 0. The van der Waals surface area contributed by atoms with E-state index in [1.807, 2.05) is 35.2 Å². The molecule has 1 amide bonds. The summed E-state index contributed by atoms with van der Waals surface area (Å²) >= 11 is 1.72. The largest absolute Gasteiger partial charge is 0.465 e. The Morgan fingerprint density at radius 3 is 2.38 bits per heavy atom. The number of anilines is 2. The first-order valence-electron chi connectivity index (χ1n) is 8.69. The molecule has 0 atom stereocenters. The zero-order valence-corrected chi connectivity index (χ0v) is 15.4. The Balaban J connectivity index is 1.56. The molecule has 1 saturated heterocycles. The van der Waals surface area contributed by atoms with Gasteiger partial charge in [0.1, 0.15) is 0 Å². The molecule has 2 aliphatic heterocycles. The normalized spacial score (nSPS) is 15.9. The molecular weight excluding hydrogens is 348 g/mol. The highest BCUT2D eigenvalue weighted by atomic mass is 32.2. The first-order valence-corrected chi connectivity index (χ1v) is 9.68. The zero-order chi connectivity index (χ0) is 18.1. The average Bonchev–Trinajstić information content (AvgIpc) is 3.36. The predicted molar refractivity (Wildman–Crippen MR) is 102 cm³/mol. The van der Waals surface area contributed by atoms with Gasteiger partial charge in [0.15, 0.2) is 0 Å². The molecule has 0 radical (unpaired) electrons. The number of carbonyl (C=O) groups excluding carboxylic acids is 2. The van der Waals surface area contributed by atoms with Crippen molar-refractivity contribution in [3.63, 3.8) is 0 Å². The van der Waals surface area contributed by atoms with Crippen LogP contribution >= 0.6 is 11.8 Å². The quantitative estimate of drug-likeness (QED) is 0.769. The van der Waals surface area contributed by atoms with Crippen molar-refractivity contribution in [3.05, 3.63) is 53.6 Å². The average molecular weight is 368 g/mol. The third-order valence-electron chi connectivity index (χ3n) is 4.84. The topological polar surface area (TPSA) is 49.9 Å². The number of benzene rings is 2. The van der Waals surface area contributed by atoms with E-state index in [1.54, 1.807) is 23.9 Å². The third kappa shape index (κ3) is 3.05. The molecule has 0 aromatic heterocycles. The summed E-state index contributed by atoms with van der Waals surface area (Å²) in [6.07, 6.45) is 2.20. The molecule has 6 heteroatoms. The van der Waals surface area contributed by atoms with Crippen LogP contribution in [0.25, 0.3) is 0 Å². The van der Waals surface area contributed by atoms with Gasteiger partial charge in [0.05, 0.1) is 24.2 Å². The van der Waals surface area contributed by atoms with Gasteiger partial charge in [-0.3, -0.25) is 4.79 Å². The number of fused-ring (bicyclic) bond motifs is 1. The highest BCUT2D eigenvalue weighted by molar-refractivity contribution is 7.99. The number of methoxy groups -OCH3 is 1. The van der Waals surface area contributed by atoms with E-state index >= 15 is 0 Å². The number of hydrogen-bond acceptors (Lipinski definition) is 5. The van der Waals surface area contributed by atoms with E-state index in [4.69, 9.17) is 4.74 Å². The Morgan fingerprint density at radius 1 is 1.00 bits per heavy atom. The van der Waals surface area contributed by atoms with Gasteiger partial charge in [-0.15, -0.1) is 11.8 Å². The zero-order valence-electron chi connectivity index (χ0n) is 14.6. The van der Waals surface area contributed by atoms with E-state index < -0.39 is 0 Å². The molecular formula is C20H20N2O3S. The summed E-state index contributed by atoms with van der Waals surface area (Å²) in [7, 11) is 1.38. The molecule has 1 fully saturated rings. The van der Waals surface area contributed by atoms with Crippen LogP contribution in [-0.2, 0) is 4.74 Å². The fourth-order valence-corrected chi connectivity index (χ4v) is 4.49. The molecule has 0 aliphatic carbocycles. The molecule has 0 unspecified atom stereocenters. The van der Waals surface area contributed by atoms with Crippen LogP contribution in [0, 0.1) is 0 Å². The standard InChI is InChI=1S/C20H20N2O3S/c1-25-20(24)14-4-7-16(8-5-14)22-13-26-18-12-15(6-9-17(18)22)19(23)21-10-2-3-11-21/h4-9,12H,2-3,10-11,13H2,1H3. The molecule has 2 aromatic carbocycles. The molecule has 0 saturated carbocycles. The van der Waals surface area contributed by atoms with Gasteiger partial charge in [0.2, 0.25) is 0 Å². The summed E-state index contributed by atoms with van der Waals surface area (Å²) in [5.41, 5.74) is 3.41. The smallest absolute Gasteiger partial charge is 0.337 e. The fraction of sp³-hybridized carbons (Fsp3) is 0.300. The summed E-state index contributed by atoms with van der Waals surface area (Å²) < 4.78 is 4.74. The molecule has 26 heavy (non-hydrogen) atoms. The highest BCUT2D eigenvalue weighted by Crippen LogP contribution is 2.43. The molecule has 2 aliphatic rings. The maximum Gasteiger partial charge on any atom is 0.337 e. The molecule has 0 N–H and O–H groups in total. The molecule has 0 bridgehead atoms. The van der Waals surface area contributed by atoms with Crippen molar-refractivity contribution < 1.29 is 14.3 Å². The van der Waals surface area contributed by atoms with E-state index in [1.165, 1.54) is 7.11 Å². The molecule has 2 heterocycles. The minimum atomic E-state index is -0.335. The number of nitrogens with zero attached hydrogens (tertiary/aromatic N) is 2. The van der Waals surface area contributed by atoms with Gasteiger partial charge >= 0.3 is 5.97 Å². The first kappa shape index (κ1) is 17.0. The van der Waals surface area contributed by atoms with Crippen LogP contribution in [0.3, 0.4) is 0 Å². The lowest BCUT2D eigenvalue weighted by Crippen LogP contribution is -2.27. The third-order valence-corrected chi connectivity index (χ3v) is 5.87. The second-order valence-corrected chi connectivity index (χ2v) is 7.41. The van der Waals surface area contributed by atoms with Crippen LogP contribution in [0.15, 0.2) is 47.4 Å². The molecule has 4 rings (SSSR count). The van der Waals surface area contributed by atoms with Crippen LogP contribution in [0.2, 0.25) is 0 Å². The van der Waals surface area contributed by atoms with Crippen molar-refractivity contribution in [1.29, 1.82) is 0 Å². The number of thioether (sulfide) groups is 1. The summed E-state index contributed by atoms with van der Waals surface area (Å²) in [5, 5.41) is 0. The van der Waals surface area contributed by atoms with Gasteiger partial charge in [-0.25, -0.2) is 4.79 Å². The summed E-state index contributed by atoms with van der Waals surface area (Å²) in [4.78, 5) is 29.4. The van der Waals surface area contributed by atoms with Gasteiger partial charge < -0.3 is 14.5 Å². The van der Waals surface area contributed by atoms with Gasteiger partial charge in [-0.2, -0.15) is 0 Å². The van der Waals surface area contributed by atoms with Gasteiger partial charge in [0.25, 0.3) is 5.91 Å². The second-order valence-electron chi connectivity index (χ2n) is 6.42. The van der Waals surface area contributed by atoms with Crippen molar-refractivity contribution in [3.8, 4) is 0 Å². The van der Waals surface area contributed by atoms with E-state index in [9.17, 15) is 9.59 Å². The van der Waals surface area contributed by atoms with Crippen LogP contribution in [0.1, 0.15) is 33.6 Å². The number of carbonyl (C=O) groups is 2. The lowest BCUT2D eigenvalue weighted by molar-refractivity contribution is 0.0600. The maximum atomic E-state index is 12.6. The number of likely N-dealkylation sites (tertiary alicyclic amines) is 1. The van der Waals surface area contributed by atoms with Crippen molar-refractivity contribution in [2.75, 3.05) is 31.0 Å². The van der Waals surface area contributed by atoms with Gasteiger partial charge in [0, 0.05) is 29.2 Å². The van der Waals surface area contributed by atoms with Crippen molar-refractivity contribution in [1.82, 2.24) is 4.90 Å². The molecule has 134 valence electrons.